The number of ether oxygens (including phenoxy) is 1. The zero-order valence-electron chi connectivity index (χ0n) is 6.66. The van der Waals surface area contributed by atoms with Crippen LogP contribution in [0.1, 0.15) is 17.2 Å². The van der Waals surface area contributed by atoms with Crippen molar-refractivity contribution in [3.8, 4) is 5.75 Å². The van der Waals surface area contributed by atoms with Gasteiger partial charge in [-0.2, -0.15) is 0 Å². The summed E-state index contributed by atoms with van der Waals surface area (Å²) in [6, 6.07) is 5.61. The van der Waals surface area contributed by atoms with E-state index in [-0.39, 0.29) is 12.6 Å². The Morgan fingerprint density at radius 1 is 1.58 bits per heavy atom. The van der Waals surface area contributed by atoms with Gasteiger partial charge in [-0.25, -0.2) is 0 Å². The first-order chi connectivity index (χ1) is 5.81. The molecule has 1 aromatic carbocycles. The van der Waals surface area contributed by atoms with Crippen LogP contribution in [-0.2, 0) is 6.61 Å². The molecule has 0 aliphatic carbocycles. The molecule has 1 heterocycles. The Balaban J connectivity index is 2.41. The van der Waals surface area contributed by atoms with E-state index in [9.17, 15) is 0 Å². The van der Waals surface area contributed by atoms with Gasteiger partial charge in [0.25, 0.3) is 0 Å². The molecular weight excluding hydrogens is 154 g/mol. The van der Waals surface area contributed by atoms with Gasteiger partial charge in [0.2, 0.25) is 0 Å². The second kappa shape index (κ2) is 2.77. The highest BCUT2D eigenvalue weighted by Gasteiger charge is 2.19. The summed E-state index contributed by atoms with van der Waals surface area (Å²) in [5, 5.41) is 8.85. The molecule has 0 aromatic heterocycles. The number of fused-ring (bicyclic) bond motifs is 1. The maximum atomic E-state index is 8.85. The second-order valence-corrected chi connectivity index (χ2v) is 2.95. The molecule has 3 nitrogen and oxygen atoms in total. The first kappa shape index (κ1) is 7.58. The molecule has 0 bridgehead atoms. The minimum absolute atomic E-state index is 0.00672. The summed E-state index contributed by atoms with van der Waals surface area (Å²) in [5.74, 6) is 0.814. The molecule has 0 spiro atoms. The third-order valence-electron chi connectivity index (χ3n) is 2.08. The number of nitrogens with two attached hydrogens (primary N) is 1. The van der Waals surface area contributed by atoms with Gasteiger partial charge in [-0.1, -0.05) is 12.1 Å². The Morgan fingerprint density at radius 3 is 3.17 bits per heavy atom. The van der Waals surface area contributed by atoms with Gasteiger partial charge in [0.1, 0.15) is 12.4 Å². The summed E-state index contributed by atoms with van der Waals surface area (Å²) >= 11 is 0. The van der Waals surface area contributed by atoms with E-state index in [2.05, 4.69) is 0 Å². The second-order valence-electron chi connectivity index (χ2n) is 2.95. The minimum atomic E-state index is -0.00672. The summed E-state index contributed by atoms with van der Waals surface area (Å²) < 4.78 is 5.32. The van der Waals surface area contributed by atoms with Crippen LogP contribution in [0.5, 0.6) is 5.75 Å². The highest BCUT2D eigenvalue weighted by Crippen LogP contribution is 2.31. The molecule has 1 aliphatic heterocycles. The largest absolute Gasteiger partial charge is 0.491 e. The molecule has 64 valence electrons. The Hall–Kier alpha value is -1.06. The zero-order valence-corrected chi connectivity index (χ0v) is 6.66. The third kappa shape index (κ3) is 1.07. The lowest BCUT2D eigenvalue weighted by Gasteiger charge is -2.01. The van der Waals surface area contributed by atoms with Gasteiger partial charge in [-0.3, -0.25) is 0 Å². The van der Waals surface area contributed by atoms with E-state index in [1.165, 1.54) is 0 Å². The SMILES string of the molecule is NC1COc2cc(CO)ccc21. The summed E-state index contributed by atoms with van der Waals surface area (Å²) in [4.78, 5) is 0. The maximum Gasteiger partial charge on any atom is 0.124 e. The van der Waals surface area contributed by atoms with Crippen LogP contribution in [0.15, 0.2) is 18.2 Å². The molecule has 12 heavy (non-hydrogen) atoms. The standard InChI is InChI=1S/C9H11NO2/c10-8-5-12-9-3-6(4-11)1-2-7(8)9/h1-3,8,11H,4-5,10H2. The van der Waals surface area contributed by atoms with E-state index in [4.69, 9.17) is 15.6 Å². The normalized spacial score (nSPS) is 20.3. The van der Waals surface area contributed by atoms with E-state index in [0.29, 0.717) is 6.61 Å². The molecule has 0 saturated carbocycles. The van der Waals surface area contributed by atoms with Crippen molar-refractivity contribution in [2.24, 2.45) is 5.73 Å². The van der Waals surface area contributed by atoms with Crippen molar-refractivity contribution in [2.75, 3.05) is 6.61 Å². The summed E-state index contributed by atoms with van der Waals surface area (Å²) in [7, 11) is 0. The Bertz CT molecular complexity index is 299. The number of aliphatic hydroxyl groups excluding tert-OH is 1. The van der Waals surface area contributed by atoms with Crippen molar-refractivity contribution in [1.29, 1.82) is 0 Å². The van der Waals surface area contributed by atoms with Crippen molar-refractivity contribution in [1.82, 2.24) is 0 Å². The first-order valence-electron chi connectivity index (χ1n) is 3.93. The fourth-order valence-corrected chi connectivity index (χ4v) is 1.38. The molecule has 3 heteroatoms. The molecule has 1 unspecified atom stereocenters. The average Bonchev–Trinajstić information content (AvgIpc) is 2.47. The van der Waals surface area contributed by atoms with Crippen molar-refractivity contribution in [3.05, 3.63) is 29.3 Å². The third-order valence-corrected chi connectivity index (χ3v) is 2.08. The van der Waals surface area contributed by atoms with Crippen LogP contribution in [0.4, 0.5) is 0 Å². The van der Waals surface area contributed by atoms with Crippen LogP contribution < -0.4 is 10.5 Å². The number of benzene rings is 1. The monoisotopic (exact) mass is 165 g/mol. The van der Waals surface area contributed by atoms with E-state index >= 15 is 0 Å². The van der Waals surface area contributed by atoms with Gasteiger partial charge in [0, 0.05) is 5.56 Å². The first-order valence-corrected chi connectivity index (χ1v) is 3.93. The van der Waals surface area contributed by atoms with Crippen LogP contribution in [-0.4, -0.2) is 11.7 Å². The predicted molar refractivity (Wildman–Crippen MR) is 44.8 cm³/mol. The quantitative estimate of drug-likeness (QED) is 0.639. The highest BCUT2D eigenvalue weighted by atomic mass is 16.5. The van der Waals surface area contributed by atoms with E-state index in [1.807, 2.05) is 18.2 Å². The fraction of sp³-hybridized carbons (Fsp3) is 0.333. The zero-order chi connectivity index (χ0) is 8.55. The van der Waals surface area contributed by atoms with Crippen LogP contribution >= 0.6 is 0 Å². The van der Waals surface area contributed by atoms with Gasteiger partial charge in [0.15, 0.2) is 0 Å². The number of rotatable bonds is 1. The van der Waals surface area contributed by atoms with E-state index in [0.717, 1.165) is 16.9 Å². The van der Waals surface area contributed by atoms with Crippen LogP contribution in [0.3, 0.4) is 0 Å². The molecule has 0 fully saturated rings. The molecule has 2 rings (SSSR count). The molecule has 1 aromatic rings. The molecule has 1 atom stereocenters. The van der Waals surface area contributed by atoms with Gasteiger partial charge in [0.05, 0.1) is 12.6 Å². The fourth-order valence-electron chi connectivity index (χ4n) is 1.38. The number of hydrogen-bond donors (Lipinski definition) is 2. The smallest absolute Gasteiger partial charge is 0.124 e. The van der Waals surface area contributed by atoms with E-state index in [1.54, 1.807) is 0 Å². The van der Waals surface area contributed by atoms with Crippen LogP contribution in [0.2, 0.25) is 0 Å². The molecule has 0 saturated heterocycles. The number of aliphatic hydroxyl groups is 1. The van der Waals surface area contributed by atoms with Crippen LogP contribution in [0.25, 0.3) is 0 Å². The van der Waals surface area contributed by atoms with E-state index < -0.39 is 0 Å². The molecule has 1 aliphatic rings. The van der Waals surface area contributed by atoms with Gasteiger partial charge in [-0.05, 0) is 11.6 Å². The van der Waals surface area contributed by atoms with Crippen LogP contribution in [0, 0.1) is 0 Å². The lowest BCUT2D eigenvalue weighted by Crippen LogP contribution is -2.10. The molecular formula is C9H11NO2. The Morgan fingerprint density at radius 2 is 2.42 bits per heavy atom. The lowest BCUT2D eigenvalue weighted by atomic mass is 10.1. The van der Waals surface area contributed by atoms with Crippen molar-refractivity contribution in [2.45, 2.75) is 12.6 Å². The Kier molecular flexibility index (Phi) is 1.75. The summed E-state index contributed by atoms with van der Waals surface area (Å²) in [5.41, 5.74) is 7.65. The van der Waals surface area contributed by atoms with Gasteiger partial charge >= 0.3 is 0 Å². The minimum Gasteiger partial charge on any atom is -0.491 e. The summed E-state index contributed by atoms with van der Waals surface area (Å²) in [6.45, 7) is 0.593. The lowest BCUT2D eigenvalue weighted by molar-refractivity contribution is 0.280. The van der Waals surface area contributed by atoms with Crippen molar-refractivity contribution in [3.63, 3.8) is 0 Å². The van der Waals surface area contributed by atoms with Crippen molar-refractivity contribution < 1.29 is 9.84 Å². The molecule has 3 N–H and O–H groups in total. The molecule has 0 amide bonds. The number of hydrogen-bond acceptors (Lipinski definition) is 3. The van der Waals surface area contributed by atoms with Crippen molar-refractivity contribution >= 4 is 0 Å². The topological polar surface area (TPSA) is 55.5 Å². The Labute approximate surface area is 70.8 Å². The summed E-state index contributed by atoms with van der Waals surface area (Å²) in [6.07, 6.45) is 0. The maximum absolute atomic E-state index is 8.85. The average molecular weight is 165 g/mol. The molecule has 0 radical (unpaired) electrons. The highest BCUT2D eigenvalue weighted by molar-refractivity contribution is 5.42. The predicted octanol–water partition coefficient (Wildman–Crippen LogP) is 0.571. The van der Waals surface area contributed by atoms with Gasteiger partial charge < -0.3 is 15.6 Å². The van der Waals surface area contributed by atoms with Gasteiger partial charge in [-0.15, -0.1) is 0 Å².